The van der Waals surface area contributed by atoms with Gasteiger partial charge in [0.1, 0.15) is 0 Å². The zero-order chi connectivity index (χ0) is 20.2. The number of morpholine rings is 1. The summed E-state index contributed by atoms with van der Waals surface area (Å²) >= 11 is 0. The lowest BCUT2D eigenvalue weighted by molar-refractivity contribution is -0.136. The Morgan fingerprint density at radius 3 is 2.34 bits per heavy atom. The van der Waals surface area contributed by atoms with Crippen molar-refractivity contribution >= 4 is 11.9 Å². The van der Waals surface area contributed by atoms with Crippen LogP contribution in [0, 0.1) is 6.92 Å². The first kappa shape index (κ1) is 19.1. The van der Waals surface area contributed by atoms with Crippen LogP contribution in [0.3, 0.4) is 0 Å². The number of rotatable bonds is 5. The summed E-state index contributed by atoms with van der Waals surface area (Å²) in [5, 5.41) is 8.99. The van der Waals surface area contributed by atoms with Gasteiger partial charge in [0.05, 0.1) is 25.3 Å². The molecule has 0 bridgehead atoms. The molecule has 0 amide bonds. The van der Waals surface area contributed by atoms with Crippen LogP contribution in [0.2, 0.25) is 0 Å². The average molecular weight is 389 g/mol. The zero-order valence-electron chi connectivity index (χ0n) is 16.3. The van der Waals surface area contributed by atoms with E-state index < -0.39 is 5.97 Å². The van der Waals surface area contributed by atoms with Crippen LogP contribution in [0.1, 0.15) is 11.1 Å². The Labute approximate surface area is 169 Å². The van der Waals surface area contributed by atoms with Gasteiger partial charge in [-0.25, -0.2) is 9.97 Å². The smallest absolute Gasteiger partial charge is 0.307 e. The fourth-order valence-corrected chi connectivity index (χ4v) is 3.41. The first-order valence-corrected chi connectivity index (χ1v) is 9.68. The Hall–Kier alpha value is -3.25. The maximum Gasteiger partial charge on any atom is 0.307 e. The van der Waals surface area contributed by atoms with Crippen LogP contribution in [0.15, 0.2) is 54.7 Å². The standard InChI is InChI=1S/C23H23N3O3/c1-16-2-6-19(7-3-16)22-20(18-8-4-17(5-9-18)14-21(27)28)15-24-23(25-22)26-10-12-29-13-11-26/h2-9,15H,10-14H2,1H3,(H,27,28). The highest BCUT2D eigenvalue weighted by Gasteiger charge is 2.18. The Bertz CT molecular complexity index is 995. The Balaban J connectivity index is 1.75. The van der Waals surface area contributed by atoms with E-state index >= 15 is 0 Å². The predicted octanol–water partition coefficient (Wildman–Crippen LogP) is 3.58. The number of anilines is 1. The Morgan fingerprint density at radius 1 is 1.03 bits per heavy atom. The summed E-state index contributed by atoms with van der Waals surface area (Å²) in [5.41, 5.74) is 5.74. The van der Waals surface area contributed by atoms with Gasteiger partial charge in [0.25, 0.3) is 0 Å². The number of hydrogen-bond acceptors (Lipinski definition) is 5. The molecule has 2 aromatic carbocycles. The quantitative estimate of drug-likeness (QED) is 0.719. The van der Waals surface area contributed by atoms with E-state index in [1.165, 1.54) is 5.56 Å². The van der Waals surface area contributed by atoms with Crippen LogP contribution in [0.5, 0.6) is 0 Å². The van der Waals surface area contributed by atoms with Crippen LogP contribution >= 0.6 is 0 Å². The largest absolute Gasteiger partial charge is 0.481 e. The first-order chi connectivity index (χ1) is 14.1. The van der Waals surface area contributed by atoms with Gasteiger partial charge in [-0.05, 0) is 18.1 Å². The van der Waals surface area contributed by atoms with E-state index in [4.69, 9.17) is 14.8 Å². The minimum absolute atomic E-state index is 0.0115. The topological polar surface area (TPSA) is 75.5 Å². The molecule has 6 nitrogen and oxygen atoms in total. The van der Waals surface area contributed by atoms with Crippen molar-refractivity contribution in [3.05, 3.63) is 65.9 Å². The zero-order valence-corrected chi connectivity index (χ0v) is 16.3. The van der Waals surface area contributed by atoms with Crippen molar-refractivity contribution in [2.24, 2.45) is 0 Å². The van der Waals surface area contributed by atoms with Gasteiger partial charge in [-0.15, -0.1) is 0 Å². The van der Waals surface area contributed by atoms with Crippen molar-refractivity contribution < 1.29 is 14.6 Å². The third kappa shape index (κ3) is 4.43. The number of carboxylic acid groups (broad SMARTS) is 1. The number of aryl methyl sites for hydroxylation is 1. The molecule has 3 aromatic rings. The van der Waals surface area contributed by atoms with Crippen molar-refractivity contribution in [3.63, 3.8) is 0 Å². The highest BCUT2D eigenvalue weighted by atomic mass is 16.5. The summed E-state index contributed by atoms with van der Waals surface area (Å²) in [6.45, 7) is 4.96. The maximum absolute atomic E-state index is 10.9. The van der Waals surface area contributed by atoms with Crippen molar-refractivity contribution in [2.75, 3.05) is 31.2 Å². The fourth-order valence-electron chi connectivity index (χ4n) is 3.41. The number of nitrogens with zero attached hydrogens (tertiary/aromatic N) is 3. The van der Waals surface area contributed by atoms with Crippen LogP contribution in [0.4, 0.5) is 5.95 Å². The molecule has 0 spiro atoms. The molecule has 1 N–H and O–H groups in total. The first-order valence-electron chi connectivity index (χ1n) is 9.68. The second-order valence-corrected chi connectivity index (χ2v) is 7.17. The third-order valence-corrected chi connectivity index (χ3v) is 5.02. The molecule has 4 rings (SSSR count). The molecule has 0 saturated carbocycles. The van der Waals surface area contributed by atoms with Gasteiger partial charge < -0.3 is 14.7 Å². The van der Waals surface area contributed by atoms with Gasteiger partial charge in [-0.3, -0.25) is 4.79 Å². The van der Waals surface area contributed by atoms with E-state index in [0.29, 0.717) is 19.2 Å². The van der Waals surface area contributed by atoms with Crippen LogP contribution < -0.4 is 4.90 Å². The summed E-state index contributed by atoms with van der Waals surface area (Å²) in [5.74, 6) is -0.133. The van der Waals surface area contributed by atoms with Gasteiger partial charge in [0.15, 0.2) is 0 Å². The van der Waals surface area contributed by atoms with Gasteiger partial charge in [0.2, 0.25) is 5.95 Å². The van der Waals surface area contributed by atoms with E-state index in [1.54, 1.807) is 0 Å². The molecule has 1 saturated heterocycles. The lowest BCUT2D eigenvalue weighted by Crippen LogP contribution is -2.37. The Kier molecular flexibility index (Phi) is 5.53. The van der Waals surface area contributed by atoms with E-state index in [2.05, 4.69) is 41.1 Å². The molecule has 2 heterocycles. The van der Waals surface area contributed by atoms with Crippen molar-refractivity contribution in [3.8, 4) is 22.4 Å². The summed E-state index contributed by atoms with van der Waals surface area (Å²) in [6.07, 6.45) is 1.87. The molecule has 1 aliphatic heterocycles. The van der Waals surface area contributed by atoms with Crippen molar-refractivity contribution in [1.82, 2.24) is 9.97 Å². The number of benzene rings is 2. The average Bonchev–Trinajstić information content (AvgIpc) is 2.75. The third-order valence-electron chi connectivity index (χ3n) is 5.02. The van der Waals surface area contributed by atoms with Crippen LogP contribution in [0.25, 0.3) is 22.4 Å². The van der Waals surface area contributed by atoms with E-state index in [1.807, 2.05) is 30.5 Å². The number of hydrogen-bond donors (Lipinski definition) is 1. The highest BCUT2D eigenvalue weighted by molar-refractivity contribution is 5.81. The molecule has 0 aliphatic carbocycles. The van der Waals surface area contributed by atoms with Crippen LogP contribution in [-0.2, 0) is 16.0 Å². The molecular weight excluding hydrogens is 366 g/mol. The summed E-state index contributed by atoms with van der Waals surface area (Å²) in [6, 6.07) is 15.9. The Morgan fingerprint density at radius 2 is 1.69 bits per heavy atom. The summed E-state index contributed by atoms with van der Waals surface area (Å²) in [4.78, 5) is 22.6. The molecule has 148 valence electrons. The molecule has 0 radical (unpaired) electrons. The molecular formula is C23H23N3O3. The molecule has 0 atom stereocenters. The van der Waals surface area contributed by atoms with E-state index in [9.17, 15) is 4.79 Å². The second-order valence-electron chi connectivity index (χ2n) is 7.17. The van der Waals surface area contributed by atoms with Crippen molar-refractivity contribution in [1.29, 1.82) is 0 Å². The molecule has 1 aliphatic rings. The number of ether oxygens (including phenoxy) is 1. The van der Waals surface area contributed by atoms with Crippen LogP contribution in [-0.4, -0.2) is 47.3 Å². The molecule has 29 heavy (non-hydrogen) atoms. The predicted molar refractivity (Wildman–Crippen MR) is 112 cm³/mol. The fraction of sp³-hybridized carbons (Fsp3) is 0.261. The van der Waals surface area contributed by atoms with Gasteiger partial charge in [0, 0.05) is 30.4 Å². The number of aromatic nitrogens is 2. The molecule has 6 heteroatoms. The summed E-state index contributed by atoms with van der Waals surface area (Å²) < 4.78 is 5.44. The molecule has 0 unspecified atom stereocenters. The van der Waals surface area contributed by atoms with Gasteiger partial charge in [-0.1, -0.05) is 54.1 Å². The highest BCUT2D eigenvalue weighted by Crippen LogP contribution is 2.32. The van der Waals surface area contributed by atoms with E-state index in [-0.39, 0.29) is 6.42 Å². The number of carboxylic acids is 1. The van der Waals surface area contributed by atoms with Crippen molar-refractivity contribution in [2.45, 2.75) is 13.3 Å². The van der Waals surface area contributed by atoms with Gasteiger partial charge in [-0.2, -0.15) is 0 Å². The number of carbonyl (C=O) groups is 1. The lowest BCUT2D eigenvalue weighted by Gasteiger charge is -2.27. The van der Waals surface area contributed by atoms with E-state index in [0.717, 1.165) is 41.0 Å². The minimum Gasteiger partial charge on any atom is -0.481 e. The number of aliphatic carboxylic acids is 1. The lowest BCUT2D eigenvalue weighted by atomic mass is 9.98. The summed E-state index contributed by atoms with van der Waals surface area (Å²) in [7, 11) is 0. The molecule has 1 fully saturated rings. The SMILES string of the molecule is Cc1ccc(-c2nc(N3CCOCC3)ncc2-c2ccc(CC(=O)O)cc2)cc1. The maximum atomic E-state index is 10.9. The minimum atomic E-state index is -0.837. The van der Waals surface area contributed by atoms with Gasteiger partial charge >= 0.3 is 5.97 Å². The molecule has 1 aromatic heterocycles. The monoisotopic (exact) mass is 389 g/mol. The second kappa shape index (κ2) is 8.41. The normalized spacial score (nSPS) is 14.0.